The van der Waals surface area contributed by atoms with Gasteiger partial charge in [0.15, 0.2) is 0 Å². The van der Waals surface area contributed by atoms with Crippen LogP contribution in [0.2, 0.25) is 0 Å². The Kier molecular flexibility index (Phi) is 4.38. The maximum absolute atomic E-state index is 13.2. The predicted molar refractivity (Wildman–Crippen MR) is 92.9 cm³/mol. The smallest absolute Gasteiger partial charge is 0.329 e. The third-order valence-corrected chi connectivity index (χ3v) is 5.71. The van der Waals surface area contributed by atoms with Crippen molar-refractivity contribution in [1.29, 1.82) is 0 Å². The van der Waals surface area contributed by atoms with Gasteiger partial charge in [0.1, 0.15) is 11.9 Å². The Morgan fingerprint density at radius 1 is 1.04 bits per heavy atom. The second-order valence-electron chi connectivity index (χ2n) is 7.31. The van der Waals surface area contributed by atoms with Crippen LogP contribution >= 0.6 is 0 Å². The fourth-order valence-corrected chi connectivity index (χ4v) is 4.37. The zero-order chi connectivity index (χ0) is 18.3. The lowest BCUT2D eigenvalue weighted by Crippen LogP contribution is -2.65. The number of likely N-dealkylation sites (tertiary alicyclic amines) is 1. The first-order valence-electron chi connectivity index (χ1n) is 9.27. The van der Waals surface area contributed by atoms with Crippen molar-refractivity contribution >= 4 is 23.5 Å². The number of hydrogen-bond acceptors (Lipinski definition) is 3. The molecule has 138 valence electrons. The van der Waals surface area contributed by atoms with Gasteiger partial charge >= 0.3 is 6.03 Å². The number of urea groups is 1. The number of fused-ring (bicyclic) bond motifs is 1. The summed E-state index contributed by atoms with van der Waals surface area (Å²) in [6.07, 6.45) is 5.57. The summed E-state index contributed by atoms with van der Waals surface area (Å²) < 4.78 is 13.2. The number of hydrogen-bond donors (Lipinski definition) is 1. The van der Waals surface area contributed by atoms with Crippen molar-refractivity contribution in [2.45, 2.75) is 50.6 Å². The number of anilines is 1. The zero-order valence-corrected chi connectivity index (χ0v) is 14.5. The van der Waals surface area contributed by atoms with Gasteiger partial charge < -0.3 is 10.2 Å². The second-order valence-corrected chi connectivity index (χ2v) is 7.31. The molecule has 2 atom stereocenters. The molecule has 0 spiro atoms. The molecular weight excluding hydrogens is 337 g/mol. The Balaban J connectivity index is 1.58. The Bertz CT molecular complexity index is 730. The molecule has 4 amide bonds. The van der Waals surface area contributed by atoms with Gasteiger partial charge in [-0.05, 0) is 43.5 Å². The van der Waals surface area contributed by atoms with Gasteiger partial charge in [0.2, 0.25) is 5.91 Å². The molecule has 2 heterocycles. The average Bonchev–Trinajstić information content (AvgIpc) is 3.07. The molecule has 1 aliphatic carbocycles. The first-order chi connectivity index (χ1) is 12.6. The largest absolute Gasteiger partial charge is 0.332 e. The van der Waals surface area contributed by atoms with E-state index < -0.39 is 23.8 Å². The van der Waals surface area contributed by atoms with E-state index in [0.29, 0.717) is 18.7 Å². The summed E-state index contributed by atoms with van der Waals surface area (Å²) in [4.78, 5) is 41.1. The first kappa shape index (κ1) is 17.0. The minimum Gasteiger partial charge on any atom is -0.332 e. The van der Waals surface area contributed by atoms with E-state index in [1.54, 1.807) is 4.90 Å². The average molecular weight is 359 g/mol. The van der Waals surface area contributed by atoms with E-state index in [-0.39, 0.29) is 17.9 Å². The van der Waals surface area contributed by atoms with Crippen molar-refractivity contribution in [1.82, 2.24) is 10.2 Å². The Labute approximate surface area is 151 Å². The molecule has 0 unspecified atom stereocenters. The number of carbonyl (C=O) groups excluding carboxylic acids is 3. The van der Waals surface area contributed by atoms with Gasteiger partial charge in [0.25, 0.3) is 5.91 Å². The lowest BCUT2D eigenvalue weighted by atomic mass is 9.88. The topological polar surface area (TPSA) is 69.7 Å². The number of benzene rings is 1. The molecular formula is C19H22FN3O3. The van der Waals surface area contributed by atoms with E-state index in [2.05, 4.69) is 5.32 Å². The summed E-state index contributed by atoms with van der Waals surface area (Å²) in [5, 5.41) is 2.84. The maximum atomic E-state index is 13.2. The van der Waals surface area contributed by atoms with Gasteiger partial charge in [0, 0.05) is 12.5 Å². The van der Waals surface area contributed by atoms with Gasteiger partial charge in [-0.15, -0.1) is 0 Å². The molecule has 2 saturated heterocycles. The normalized spacial score (nSPS) is 26.7. The Morgan fingerprint density at radius 3 is 2.42 bits per heavy atom. The van der Waals surface area contributed by atoms with Gasteiger partial charge in [-0.3, -0.25) is 9.59 Å². The van der Waals surface area contributed by atoms with E-state index >= 15 is 0 Å². The third-order valence-electron chi connectivity index (χ3n) is 5.71. The molecule has 0 aromatic heterocycles. The summed E-state index contributed by atoms with van der Waals surface area (Å²) in [5.41, 5.74) is 0.310. The summed E-state index contributed by atoms with van der Waals surface area (Å²) in [7, 11) is 0. The Morgan fingerprint density at radius 2 is 1.73 bits per heavy atom. The number of rotatable bonds is 2. The standard InChI is InChI=1S/C19H22FN3O3/c20-13-6-8-14(9-7-13)23-18(25)16-15(21-19(23)26)10-11-22(16)17(24)12-4-2-1-3-5-12/h6-9,12,15-16H,1-5,10-11H2,(H,21,26)/t15-,16+/m1/s1. The number of nitrogens with zero attached hydrogens (tertiary/aromatic N) is 2. The maximum Gasteiger partial charge on any atom is 0.329 e. The minimum absolute atomic E-state index is 0.0211. The second kappa shape index (κ2) is 6.70. The highest BCUT2D eigenvalue weighted by atomic mass is 19.1. The van der Waals surface area contributed by atoms with Crippen LogP contribution in [-0.4, -0.2) is 41.4 Å². The summed E-state index contributed by atoms with van der Waals surface area (Å²) in [5.74, 6) is -0.841. The van der Waals surface area contributed by atoms with E-state index in [0.717, 1.165) is 37.0 Å². The van der Waals surface area contributed by atoms with E-state index in [1.165, 1.54) is 24.3 Å². The molecule has 0 radical (unpaired) electrons. The van der Waals surface area contributed by atoms with Crippen LogP contribution in [0.1, 0.15) is 38.5 Å². The van der Waals surface area contributed by atoms with E-state index in [9.17, 15) is 18.8 Å². The SMILES string of the molecule is O=C1N[C@@H]2CCN(C(=O)C3CCCCC3)[C@@H]2C(=O)N1c1ccc(F)cc1. The molecule has 0 bridgehead atoms. The van der Waals surface area contributed by atoms with E-state index in [4.69, 9.17) is 0 Å². The molecule has 3 aliphatic rings. The zero-order valence-electron chi connectivity index (χ0n) is 14.5. The predicted octanol–water partition coefficient (Wildman–Crippen LogP) is 2.43. The van der Waals surface area contributed by atoms with Gasteiger partial charge in [-0.2, -0.15) is 0 Å². The van der Waals surface area contributed by atoms with Crippen LogP contribution in [0.5, 0.6) is 0 Å². The molecule has 1 aromatic rings. The van der Waals surface area contributed by atoms with Crippen molar-refractivity contribution in [3.63, 3.8) is 0 Å². The fourth-order valence-electron chi connectivity index (χ4n) is 4.37. The van der Waals surface area contributed by atoms with Crippen molar-refractivity contribution in [2.24, 2.45) is 5.92 Å². The number of halogens is 1. The van der Waals surface area contributed by atoms with Crippen LogP contribution in [0.25, 0.3) is 0 Å². The quantitative estimate of drug-likeness (QED) is 0.882. The Hall–Kier alpha value is -2.44. The van der Waals surface area contributed by atoms with Gasteiger partial charge in [0.05, 0.1) is 11.7 Å². The lowest BCUT2D eigenvalue weighted by molar-refractivity contribution is -0.142. The molecule has 4 rings (SSSR count). The molecule has 1 N–H and O–H groups in total. The minimum atomic E-state index is -0.674. The van der Waals surface area contributed by atoms with Crippen LogP contribution in [-0.2, 0) is 9.59 Å². The highest BCUT2D eigenvalue weighted by Gasteiger charge is 2.50. The van der Waals surface area contributed by atoms with Crippen LogP contribution in [0.15, 0.2) is 24.3 Å². The van der Waals surface area contributed by atoms with Crippen LogP contribution < -0.4 is 10.2 Å². The molecule has 2 aliphatic heterocycles. The number of carbonyl (C=O) groups is 3. The lowest BCUT2D eigenvalue weighted by Gasteiger charge is -2.38. The first-order valence-corrected chi connectivity index (χ1v) is 9.27. The number of amides is 4. The monoisotopic (exact) mass is 359 g/mol. The van der Waals surface area contributed by atoms with Crippen LogP contribution in [0.3, 0.4) is 0 Å². The van der Waals surface area contributed by atoms with Crippen LogP contribution in [0, 0.1) is 11.7 Å². The molecule has 3 fully saturated rings. The highest BCUT2D eigenvalue weighted by molar-refractivity contribution is 6.19. The summed E-state index contributed by atoms with van der Waals surface area (Å²) in [6, 6.07) is 3.68. The van der Waals surface area contributed by atoms with Gasteiger partial charge in [-0.25, -0.2) is 14.1 Å². The highest BCUT2D eigenvalue weighted by Crippen LogP contribution is 2.32. The summed E-state index contributed by atoms with van der Waals surface area (Å²) in [6.45, 7) is 0.480. The van der Waals surface area contributed by atoms with Gasteiger partial charge in [-0.1, -0.05) is 19.3 Å². The van der Waals surface area contributed by atoms with Crippen molar-refractivity contribution in [2.75, 3.05) is 11.4 Å². The number of imide groups is 1. The van der Waals surface area contributed by atoms with E-state index in [1.807, 2.05) is 0 Å². The van der Waals surface area contributed by atoms with Crippen molar-refractivity contribution in [3.05, 3.63) is 30.1 Å². The molecule has 6 nitrogen and oxygen atoms in total. The molecule has 1 saturated carbocycles. The molecule has 26 heavy (non-hydrogen) atoms. The van der Waals surface area contributed by atoms with Crippen LogP contribution in [0.4, 0.5) is 14.9 Å². The van der Waals surface area contributed by atoms with Crippen molar-refractivity contribution < 1.29 is 18.8 Å². The van der Waals surface area contributed by atoms with Crippen molar-refractivity contribution in [3.8, 4) is 0 Å². The number of nitrogens with one attached hydrogen (secondary N) is 1. The molecule has 7 heteroatoms. The fraction of sp³-hybridized carbons (Fsp3) is 0.526. The molecule has 1 aromatic carbocycles. The third kappa shape index (κ3) is 2.85. The summed E-state index contributed by atoms with van der Waals surface area (Å²) >= 11 is 0.